The van der Waals surface area contributed by atoms with Gasteiger partial charge in [0.05, 0.1) is 11.1 Å². The van der Waals surface area contributed by atoms with Gasteiger partial charge in [-0.15, -0.1) is 0 Å². The SMILES string of the molecule is Cc1ccc(Oc2ccccc2[C@@H](C)O)c(Cl)c1. The van der Waals surface area contributed by atoms with E-state index >= 15 is 0 Å². The highest BCUT2D eigenvalue weighted by Crippen LogP contribution is 2.33. The number of rotatable bonds is 3. The summed E-state index contributed by atoms with van der Waals surface area (Å²) in [5.41, 5.74) is 1.82. The average molecular weight is 263 g/mol. The monoisotopic (exact) mass is 262 g/mol. The Kier molecular flexibility index (Phi) is 3.90. The van der Waals surface area contributed by atoms with Crippen LogP contribution < -0.4 is 4.74 Å². The van der Waals surface area contributed by atoms with Gasteiger partial charge in [0, 0.05) is 5.56 Å². The lowest BCUT2D eigenvalue weighted by atomic mass is 10.1. The van der Waals surface area contributed by atoms with Crippen LogP contribution in [0.25, 0.3) is 0 Å². The molecule has 0 saturated heterocycles. The number of halogens is 1. The van der Waals surface area contributed by atoms with Crippen molar-refractivity contribution in [2.75, 3.05) is 0 Å². The molecule has 1 atom stereocenters. The summed E-state index contributed by atoms with van der Waals surface area (Å²) >= 11 is 6.12. The minimum Gasteiger partial charge on any atom is -0.455 e. The third-order valence-electron chi connectivity index (χ3n) is 2.68. The maximum absolute atomic E-state index is 9.68. The van der Waals surface area contributed by atoms with Crippen molar-refractivity contribution in [1.82, 2.24) is 0 Å². The van der Waals surface area contributed by atoms with Crippen LogP contribution in [0, 0.1) is 6.92 Å². The fraction of sp³-hybridized carbons (Fsp3) is 0.200. The van der Waals surface area contributed by atoms with Crippen LogP contribution in [0.5, 0.6) is 11.5 Å². The minimum atomic E-state index is -0.578. The van der Waals surface area contributed by atoms with E-state index in [1.165, 1.54) is 0 Å². The molecule has 0 spiro atoms. The van der Waals surface area contributed by atoms with E-state index in [1.807, 2.05) is 49.4 Å². The first kappa shape index (κ1) is 12.9. The molecule has 0 amide bonds. The topological polar surface area (TPSA) is 29.5 Å². The number of aliphatic hydroxyl groups excluding tert-OH is 1. The fourth-order valence-electron chi connectivity index (χ4n) is 1.73. The molecule has 0 aliphatic rings. The molecule has 18 heavy (non-hydrogen) atoms. The number of aliphatic hydroxyl groups is 1. The quantitative estimate of drug-likeness (QED) is 0.883. The minimum absolute atomic E-state index is 0.565. The van der Waals surface area contributed by atoms with Crippen LogP contribution in [0.4, 0.5) is 0 Å². The van der Waals surface area contributed by atoms with Crippen LogP contribution in [-0.4, -0.2) is 5.11 Å². The molecule has 0 aliphatic carbocycles. The van der Waals surface area contributed by atoms with Crippen LogP contribution in [0.3, 0.4) is 0 Å². The number of hydrogen-bond donors (Lipinski definition) is 1. The van der Waals surface area contributed by atoms with E-state index in [0.29, 0.717) is 16.5 Å². The molecule has 94 valence electrons. The first-order valence-corrected chi connectivity index (χ1v) is 6.16. The second kappa shape index (κ2) is 5.42. The molecule has 0 fully saturated rings. The zero-order chi connectivity index (χ0) is 13.1. The fourth-order valence-corrected chi connectivity index (χ4v) is 2.00. The highest BCUT2D eigenvalue weighted by molar-refractivity contribution is 6.32. The Hall–Kier alpha value is -1.51. The van der Waals surface area contributed by atoms with Gasteiger partial charge < -0.3 is 9.84 Å². The lowest BCUT2D eigenvalue weighted by molar-refractivity contribution is 0.195. The van der Waals surface area contributed by atoms with Crippen LogP contribution >= 0.6 is 11.6 Å². The summed E-state index contributed by atoms with van der Waals surface area (Å²) in [5, 5.41) is 10.2. The summed E-state index contributed by atoms with van der Waals surface area (Å²) in [6.45, 7) is 3.68. The lowest BCUT2D eigenvalue weighted by Gasteiger charge is -2.14. The van der Waals surface area contributed by atoms with E-state index in [0.717, 1.165) is 11.1 Å². The van der Waals surface area contributed by atoms with Gasteiger partial charge in [-0.2, -0.15) is 0 Å². The molecular formula is C15H15ClO2. The standard InChI is InChI=1S/C15H15ClO2/c1-10-7-8-15(13(16)9-10)18-14-6-4-3-5-12(14)11(2)17/h3-9,11,17H,1-2H3/t11-/m1/s1. The highest BCUT2D eigenvalue weighted by Gasteiger charge is 2.10. The number of ether oxygens (including phenoxy) is 1. The molecular weight excluding hydrogens is 248 g/mol. The summed E-state index contributed by atoms with van der Waals surface area (Å²) in [6, 6.07) is 13.0. The second-order valence-corrected chi connectivity index (χ2v) is 4.66. The largest absolute Gasteiger partial charge is 0.455 e. The van der Waals surface area contributed by atoms with Gasteiger partial charge in [-0.3, -0.25) is 0 Å². The first-order valence-electron chi connectivity index (χ1n) is 5.79. The van der Waals surface area contributed by atoms with E-state index < -0.39 is 6.10 Å². The van der Waals surface area contributed by atoms with E-state index in [-0.39, 0.29) is 0 Å². The zero-order valence-corrected chi connectivity index (χ0v) is 11.1. The summed E-state index contributed by atoms with van der Waals surface area (Å²) in [5.74, 6) is 1.22. The molecule has 0 aliphatic heterocycles. The van der Waals surface area contributed by atoms with Crippen molar-refractivity contribution in [3.63, 3.8) is 0 Å². The van der Waals surface area contributed by atoms with E-state index in [9.17, 15) is 5.11 Å². The molecule has 0 bridgehead atoms. The Morgan fingerprint density at radius 2 is 1.83 bits per heavy atom. The van der Waals surface area contributed by atoms with Crippen LogP contribution in [0.1, 0.15) is 24.2 Å². The maximum Gasteiger partial charge on any atom is 0.146 e. The van der Waals surface area contributed by atoms with Crippen LogP contribution in [-0.2, 0) is 0 Å². The van der Waals surface area contributed by atoms with Gasteiger partial charge in [-0.1, -0.05) is 35.9 Å². The van der Waals surface area contributed by atoms with E-state index in [2.05, 4.69) is 0 Å². The lowest BCUT2D eigenvalue weighted by Crippen LogP contribution is -1.96. The molecule has 2 nitrogen and oxygen atoms in total. The molecule has 0 unspecified atom stereocenters. The predicted molar refractivity (Wildman–Crippen MR) is 73.3 cm³/mol. The third-order valence-corrected chi connectivity index (χ3v) is 2.97. The van der Waals surface area contributed by atoms with Gasteiger partial charge in [0.25, 0.3) is 0 Å². The van der Waals surface area contributed by atoms with Gasteiger partial charge >= 0.3 is 0 Å². The number of hydrogen-bond acceptors (Lipinski definition) is 2. The van der Waals surface area contributed by atoms with Crippen molar-refractivity contribution in [2.45, 2.75) is 20.0 Å². The van der Waals surface area contributed by atoms with Crippen LogP contribution in [0.15, 0.2) is 42.5 Å². The first-order chi connectivity index (χ1) is 8.58. The smallest absolute Gasteiger partial charge is 0.146 e. The molecule has 0 aromatic heterocycles. The Balaban J connectivity index is 2.34. The van der Waals surface area contributed by atoms with Gasteiger partial charge in [0.1, 0.15) is 11.5 Å². The number of para-hydroxylation sites is 1. The number of aryl methyl sites for hydroxylation is 1. The molecule has 0 heterocycles. The summed E-state index contributed by atoms with van der Waals surface area (Å²) in [4.78, 5) is 0. The summed E-state index contributed by atoms with van der Waals surface area (Å²) in [7, 11) is 0. The third kappa shape index (κ3) is 2.84. The summed E-state index contributed by atoms with van der Waals surface area (Å²) < 4.78 is 5.76. The normalized spacial score (nSPS) is 12.2. The van der Waals surface area contributed by atoms with Gasteiger partial charge in [0.2, 0.25) is 0 Å². The Bertz CT molecular complexity index is 550. The molecule has 2 aromatic carbocycles. The predicted octanol–water partition coefficient (Wildman–Crippen LogP) is 4.49. The van der Waals surface area contributed by atoms with Crippen molar-refractivity contribution in [3.8, 4) is 11.5 Å². The Labute approximate surface area is 112 Å². The highest BCUT2D eigenvalue weighted by atomic mass is 35.5. The summed E-state index contributed by atoms with van der Waals surface area (Å²) in [6.07, 6.45) is -0.578. The average Bonchev–Trinajstić information content (AvgIpc) is 2.33. The molecule has 0 radical (unpaired) electrons. The number of benzene rings is 2. The van der Waals surface area contributed by atoms with Crippen molar-refractivity contribution in [3.05, 3.63) is 58.6 Å². The van der Waals surface area contributed by atoms with Gasteiger partial charge in [0.15, 0.2) is 0 Å². The van der Waals surface area contributed by atoms with E-state index in [1.54, 1.807) is 6.92 Å². The molecule has 2 rings (SSSR count). The molecule has 0 saturated carbocycles. The van der Waals surface area contributed by atoms with Gasteiger partial charge in [-0.05, 0) is 37.6 Å². The van der Waals surface area contributed by atoms with Crippen molar-refractivity contribution in [2.24, 2.45) is 0 Å². The molecule has 1 N–H and O–H groups in total. The maximum atomic E-state index is 9.68. The molecule has 2 aromatic rings. The molecule has 3 heteroatoms. The Morgan fingerprint density at radius 1 is 1.11 bits per heavy atom. The van der Waals surface area contributed by atoms with Crippen LogP contribution in [0.2, 0.25) is 5.02 Å². The van der Waals surface area contributed by atoms with Crippen molar-refractivity contribution >= 4 is 11.6 Å². The van der Waals surface area contributed by atoms with Crippen molar-refractivity contribution < 1.29 is 9.84 Å². The zero-order valence-electron chi connectivity index (χ0n) is 10.4. The van der Waals surface area contributed by atoms with Gasteiger partial charge in [-0.25, -0.2) is 0 Å². The second-order valence-electron chi connectivity index (χ2n) is 4.25. The Morgan fingerprint density at radius 3 is 2.50 bits per heavy atom. The van der Waals surface area contributed by atoms with E-state index in [4.69, 9.17) is 16.3 Å². The van der Waals surface area contributed by atoms with Crippen molar-refractivity contribution in [1.29, 1.82) is 0 Å².